The summed E-state index contributed by atoms with van der Waals surface area (Å²) in [7, 11) is 0. The number of hydrogen-bond donors (Lipinski definition) is 2. The fraction of sp³-hybridized carbons (Fsp3) is 0.909. The number of carbonyl (C=O) groups is 1. The highest BCUT2D eigenvalue weighted by Crippen LogP contribution is 2.11. The summed E-state index contributed by atoms with van der Waals surface area (Å²) in [4.78, 5) is 11.4. The first-order valence-corrected chi connectivity index (χ1v) is 5.89. The molecule has 1 fully saturated rings. The van der Waals surface area contributed by atoms with Gasteiger partial charge in [-0.1, -0.05) is 13.8 Å². The first kappa shape index (κ1) is 13.3. The van der Waals surface area contributed by atoms with Crippen molar-refractivity contribution in [1.82, 2.24) is 5.32 Å². The molecule has 1 rings (SSSR count). The van der Waals surface area contributed by atoms with E-state index in [4.69, 9.17) is 15.2 Å². The number of hydrogen-bond acceptors (Lipinski definition) is 4. The van der Waals surface area contributed by atoms with Gasteiger partial charge in [0.05, 0.1) is 12.6 Å². The van der Waals surface area contributed by atoms with Gasteiger partial charge in [-0.05, 0) is 19.3 Å². The Hall–Kier alpha value is -0.810. The van der Waals surface area contributed by atoms with Crippen molar-refractivity contribution in [2.75, 3.05) is 19.8 Å². The second-order valence-corrected chi connectivity index (χ2v) is 4.35. The second kappa shape index (κ2) is 6.06. The third kappa shape index (κ3) is 3.98. The van der Waals surface area contributed by atoms with Crippen LogP contribution in [0.1, 0.15) is 33.1 Å². The normalized spacial score (nSPS) is 20.8. The largest absolute Gasteiger partial charge is 0.448 e. The molecule has 0 bridgehead atoms. The minimum Gasteiger partial charge on any atom is -0.448 e. The quantitative estimate of drug-likeness (QED) is 0.739. The summed E-state index contributed by atoms with van der Waals surface area (Å²) in [6.07, 6.45) is 2.05. The van der Waals surface area contributed by atoms with Gasteiger partial charge in [-0.2, -0.15) is 0 Å². The molecular formula is C11H22N2O3. The van der Waals surface area contributed by atoms with Crippen molar-refractivity contribution in [2.45, 2.75) is 44.7 Å². The van der Waals surface area contributed by atoms with Gasteiger partial charge in [-0.25, -0.2) is 4.79 Å². The standard InChI is InChI=1S/C11H22N2O3/c1-3-11(12,4-2)8-16-10(14)13-9-5-6-15-7-9/h9H,3-8,12H2,1-2H3,(H,13,14). The first-order chi connectivity index (χ1) is 7.59. The molecule has 0 spiro atoms. The van der Waals surface area contributed by atoms with E-state index in [2.05, 4.69) is 5.32 Å². The number of alkyl carbamates (subject to hydrolysis) is 1. The van der Waals surface area contributed by atoms with Crippen molar-refractivity contribution in [2.24, 2.45) is 5.73 Å². The van der Waals surface area contributed by atoms with Crippen LogP contribution in [0.4, 0.5) is 4.79 Å². The number of nitrogens with two attached hydrogens (primary N) is 1. The number of ether oxygens (including phenoxy) is 2. The van der Waals surface area contributed by atoms with Crippen LogP contribution in [0.2, 0.25) is 0 Å². The van der Waals surface area contributed by atoms with Crippen molar-refractivity contribution in [3.63, 3.8) is 0 Å². The van der Waals surface area contributed by atoms with Crippen LogP contribution in [0.3, 0.4) is 0 Å². The summed E-state index contributed by atoms with van der Waals surface area (Å²) < 4.78 is 10.3. The highest BCUT2D eigenvalue weighted by molar-refractivity contribution is 5.67. The maximum atomic E-state index is 11.4. The monoisotopic (exact) mass is 230 g/mol. The van der Waals surface area contributed by atoms with Gasteiger partial charge in [0.25, 0.3) is 0 Å². The van der Waals surface area contributed by atoms with Crippen LogP contribution in [0.25, 0.3) is 0 Å². The lowest BCUT2D eigenvalue weighted by atomic mass is 9.96. The zero-order valence-electron chi connectivity index (χ0n) is 10.1. The summed E-state index contributed by atoms with van der Waals surface area (Å²) >= 11 is 0. The Morgan fingerprint density at radius 1 is 1.56 bits per heavy atom. The van der Waals surface area contributed by atoms with Crippen molar-refractivity contribution in [3.05, 3.63) is 0 Å². The molecule has 1 atom stereocenters. The van der Waals surface area contributed by atoms with Crippen molar-refractivity contribution >= 4 is 6.09 Å². The molecule has 0 aromatic heterocycles. The van der Waals surface area contributed by atoms with Gasteiger partial charge >= 0.3 is 6.09 Å². The van der Waals surface area contributed by atoms with Crippen LogP contribution in [0, 0.1) is 0 Å². The van der Waals surface area contributed by atoms with Crippen molar-refractivity contribution in [1.29, 1.82) is 0 Å². The van der Waals surface area contributed by atoms with Crippen LogP contribution in [0.15, 0.2) is 0 Å². The van der Waals surface area contributed by atoms with Gasteiger partial charge in [-0.15, -0.1) is 0 Å². The fourth-order valence-electron chi connectivity index (χ4n) is 1.52. The van der Waals surface area contributed by atoms with Gasteiger partial charge in [0.2, 0.25) is 0 Å². The lowest BCUT2D eigenvalue weighted by molar-refractivity contribution is 0.108. The van der Waals surface area contributed by atoms with E-state index in [0.29, 0.717) is 13.2 Å². The van der Waals surface area contributed by atoms with E-state index in [0.717, 1.165) is 19.3 Å². The molecule has 1 saturated heterocycles. The third-order valence-electron chi connectivity index (χ3n) is 3.15. The van der Waals surface area contributed by atoms with Crippen LogP contribution in [-0.4, -0.2) is 37.5 Å². The predicted octanol–water partition coefficient (Wildman–Crippen LogP) is 1.02. The van der Waals surface area contributed by atoms with E-state index in [1.165, 1.54) is 0 Å². The smallest absolute Gasteiger partial charge is 0.407 e. The number of nitrogens with one attached hydrogen (secondary N) is 1. The molecule has 1 heterocycles. The maximum Gasteiger partial charge on any atom is 0.407 e. The lowest BCUT2D eigenvalue weighted by Gasteiger charge is -2.26. The van der Waals surface area contributed by atoms with E-state index in [1.807, 2.05) is 13.8 Å². The van der Waals surface area contributed by atoms with Crippen molar-refractivity contribution < 1.29 is 14.3 Å². The molecule has 94 valence electrons. The third-order valence-corrected chi connectivity index (χ3v) is 3.15. The van der Waals surface area contributed by atoms with Crippen molar-refractivity contribution in [3.8, 4) is 0 Å². The summed E-state index contributed by atoms with van der Waals surface area (Å²) in [5, 5.41) is 2.76. The molecule has 0 aromatic carbocycles. The van der Waals surface area contributed by atoms with Crippen LogP contribution in [-0.2, 0) is 9.47 Å². The lowest BCUT2D eigenvalue weighted by Crippen LogP contribution is -2.46. The Morgan fingerprint density at radius 3 is 2.75 bits per heavy atom. The van der Waals surface area contributed by atoms with E-state index < -0.39 is 11.6 Å². The van der Waals surface area contributed by atoms with Crippen LogP contribution >= 0.6 is 0 Å². The molecule has 0 radical (unpaired) electrons. The Morgan fingerprint density at radius 2 is 2.25 bits per heavy atom. The highest BCUT2D eigenvalue weighted by Gasteiger charge is 2.24. The Bertz CT molecular complexity index is 223. The molecular weight excluding hydrogens is 208 g/mol. The second-order valence-electron chi connectivity index (χ2n) is 4.35. The minimum atomic E-state index is -0.399. The van der Waals surface area contributed by atoms with Gasteiger partial charge < -0.3 is 20.5 Å². The molecule has 1 unspecified atom stereocenters. The Kier molecular flexibility index (Phi) is 5.02. The molecule has 0 saturated carbocycles. The van der Waals surface area contributed by atoms with E-state index in [1.54, 1.807) is 0 Å². The molecule has 0 aromatic rings. The average molecular weight is 230 g/mol. The Labute approximate surface area is 96.7 Å². The number of amides is 1. The molecule has 5 heteroatoms. The average Bonchev–Trinajstić information content (AvgIpc) is 2.79. The van der Waals surface area contributed by atoms with Gasteiger partial charge in [0.1, 0.15) is 6.61 Å². The van der Waals surface area contributed by atoms with Gasteiger partial charge in [-0.3, -0.25) is 0 Å². The highest BCUT2D eigenvalue weighted by atomic mass is 16.6. The van der Waals surface area contributed by atoms with Crippen LogP contribution in [0.5, 0.6) is 0 Å². The molecule has 1 aliphatic rings. The topological polar surface area (TPSA) is 73.6 Å². The van der Waals surface area contributed by atoms with Gasteiger partial charge in [0, 0.05) is 12.1 Å². The molecule has 5 nitrogen and oxygen atoms in total. The molecule has 16 heavy (non-hydrogen) atoms. The predicted molar refractivity (Wildman–Crippen MR) is 61.2 cm³/mol. The fourth-order valence-corrected chi connectivity index (χ4v) is 1.52. The molecule has 3 N–H and O–H groups in total. The summed E-state index contributed by atoms with van der Waals surface area (Å²) in [5.74, 6) is 0. The molecule has 1 aliphatic heterocycles. The van der Waals surface area contributed by atoms with Gasteiger partial charge in [0.15, 0.2) is 0 Å². The Balaban J connectivity index is 2.23. The summed E-state index contributed by atoms with van der Waals surface area (Å²) in [5.41, 5.74) is 5.62. The zero-order chi connectivity index (χ0) is 12.0. The molecule has 0 aliphatic carbocycles. The summed E-state index contributed by atoms with van der Waals surface area (Å²) in [6.45, 7) is 5.53. The van der Waals surface area contributed by atoms with Crippen LogP contribution < -0.4 is 11.1 Å². The number of rotatable bonds is 5. The SMILES string of the molecule is CCC(N)(CC)COC(=O)NC1CCOC1. The van der Waals surface area contributed by atoms with E-state index in [9.17, 15) is 4.79 Å². The first-order valence-electron chi connectivity index (χ1n) is 5.89. The number of carbonyl (C=O) groups excluding carboxylic acids is 1. The maximum absolute atomic E-state index is 11.4. The van der Waals surface area contributed by atoms with E-state index >= 15 is 0 Å². The minimum absolute atomic E-state index is 0.0860. The summed E-state index contributed by atoms with van der Waals surface area (Å²) in [6, 6.07) is 0.0860. The van der Waals surface area contributed by atoms with E-state index in [-0.39, 0.29) is 12.6 Å². The zero-order valence-corrected chi connectivity index (χ0v) is 10.1. The molecule has 1 amide bonds.